The summed E-state index contributed by atoms with van der Waals surface area (Å²) in [5, 5.41) is 11.5. The van der Waals surface area contributed by atoms with Crippen molar-refractivity contribution in [3.05, 3.63) is 0 Å². The van der Waals surface area contributed by atoms with Crippen molar-refractivity contribution < 1.29 is 4.79 Å². The van der Waals surface area contributed by atoms with Gasteiger partial charge in [-0.2, -0.15) is 5.26 Å². The lowest BCUT2D eigenvalue weighted by atomic mass is 10.1. The largest absolute Gasteiger partial charge is 0.352 e. The Morgan fingerprint density at radius 2 is 2.18 bits per heavy atom. The summed E-state index contributed by atoms with van der Waals surface area (Å²) < 4.78 is 0. The average Bonchev–Trinajstić information content (AvgIpc) is 2.84. The van der Waals surface area contributed by atoms with Crippen LogP contribution in [0.25, 0.3) is 0 Å². The summed E-state index contributed by atoms with van der Waals surface area (Å²) in [6.07, 6.45) is 3.69. The number of nitrogens with zero attached hydrogens (tertiary/aromatic N) is 1. The summed E-state index contributed by atoms with van der Waals surface area (Å²) in [6, 6.07) is 2.46. The third kappa shape index (κ3) is 1.09. The highest BCUT2D eigenvalue weighted by Gasteiger charge is 2.51. The van der Waals surface area contributed by atoms with Gasteiger partial charge in [0.15, 0.2) is 0 Å². The van der Waals surface area contributed by atoms with Crippen molar-refractivity contribution in [1.82, 2.24) is 5.32 Å². The lowest BCUT2D eigenvalue weighted by Gasteiger charge is -2.05. The summed E-state index contributed by atoms with van der Waals surface area (Å²) in [5.41, 5.74) is -0.622. The van der Waals surface area contributed by atoms with Gasteiger partial charge in [-0.05, 0) is 25.7 Å². The van der Waals surface area contributed by atoms with E-state index in [4.69, 9.17) is 5.26 Å². The number of rotatable bonds is 2. The van der Waals surface area contributed by atoms with Gasteiger partial charge in [0.2, 0.25) is 5.91 Å². The molecule has 1 N–H and O–H groups in total. The van der Waals surface area contributed by atoms with Gasteiger partial charge in [0.1, 0.15) is 5.41 Å². The number of amides is 1. The first-order valence-corrected chi connectivity index (χ1v) is 3.99. The van der Waals surface area contributed by atoms with E-state index in [2.05, 4.69) is 11.4 Å². The zero-order valence-electron chi connectivity index (χ0n) is 6.26. The van der Waals surface area contributed by atoms with Crippen LogP contribution in [-0.2, 0) is 4.79 Å². The van der Waals surface area contributed by atoms with Crippen molar-refractivity contribution in [3.8, 4) is 6.07 Å². The average molecular weight is 150 g/mol. The van der Waals surface area contributed by atoms with Crippen LogP contribution in [-0.4, -0.2) is 11.9 Å². The molecule has 3 nitrogen and oxygen atoms in total. The monoisotopic (exact) mass is 150 g/mol. The molecule has 2 fully saturated rings. The molecule has 0 spiro atoms. The second kappa shape index (κ2) is 1.97. The van der Waals surface area contributed by atoms with Crippen LogP contribution in [0.2, 0.25) is 0 Å². The van der Waals surface area contributed by atoms with E-state index in [1.165, 1.54) is 0 Å². The molecule has 58 valence electrons. The molecule has 0 aromatic rings. The Bertz CT molecular complexity index is 233. The van der Waals surface area contributed by atoms with Crippen LogP contribution >= 0.6 is 0 Å². The predicted octanol–water partition coefficient (Wildman–Crippen LogP) is 0.569. The first-order valence-electron chi connectivity index (χ1n) is 3.99. The maximum absolute atomic E-state index is 11.3. The number of nitrogens with one attached hydrogen (secondary N) is 1. The van der Waals surface area contributed by atoms with Crippen LogP contribution in [0.15, 0.2) is 0 Å². The highest BCUT2D eigenvalue weighted by atomic mass is 16.2. The summed E-state index contributed by atoms with van der Waals surface area (Å²) >= 11 is 0. The van der Waals surface area contributed by atoms with Gasteiger partial charge in [0.25, 0.3) is 0 Å². The van der Waals surface area contributed by atoms with E-state index in [1.54, 1.807) is 0 Å². The Balaban J connectivity index is 1.94. The molecule has 2 aliphatic rings. The molecule has 1 amide bonds. The fraction of sp³-hybridized carbons (Fsp3) is 0.750. The van der Waals surface area contributed by atoms with Crippen LogP contribution in [0.5, 0.6) is 0 Å². The van der Waals surface area contributed by atoms with E-state index in [9.17, 15) is 4.79 Å². The molecule has 0 atom stereocenters. The summed E-state index contributed by atoms with van der Waals surface area (Å²) in [7, 11) is 0. The first kappa shape index (κ1) is 6.66. The van der Waals surface area contributed by atoms with Crippen LogP contribution in [0, 0.1) is 16.7 Å². The lowest BCUT2D eigenvalue weighted by Crippen LogP contribution is -2.32. The molecule has 0 aliphatic heterocycles. The Kier molecular flexibility index (Phi) is 1.19. The standard InChI is InChI=1S/C8H10N2O/c9-5-8(3-4-8)7(11)10-6-1-2-6/h6H,1-4H2,(H,10,11). The van der Waals surface area contributed by atoms with Gasteiger partial charge in [-0.25, -0.2) is 0 Å². The first-order chi connectivity index (χ1) is 5.27. The van der Waals surface area contributed by atoms with Crippen molar-refractivity contribution in [2.45, 2.75) is 31.7 Å². The number of carbonyl (C=O) groups excluding carboxylic acids is 1. The quantitative estimate of drug-likeness (QED) is 0.625. The molecular formula is C8H10N2O. The van der Waals surface area contributed by atoms with Gasteiger partial charge in [-0.15, -0.1) is 0 Å². The topological polar surface area (TPSA) is 52.9 Å². The molecule has 2 saturated carbocycles. The molecule has 0 heterocycles. The van der Waals surface area contributed by atoms with Gasteiger partial charge in [0, 0.05) is 6.04 Å². The van der Waals surface area contributed by atoms with Crippen LogP contribution in [0.4, 0.5) is 0 Å². The number of nitriles is 1. The van der Waals surface area contributed by atoms with Crippen LogP contribution in [0.1, 0.15) is 25.7 Å². The molecule has 0 aromatic carbocycles. The zero-order chi connectivity index (χ0) is 7.90. The van der Waals surface area contributed by atoms with Crippen molar-refractivity contribution in [3.63, 3.8) is 0 Å². The summed E-state index contributed by atoms with van der Waals surface area (Å²) in [4.78, 5) is 11.3. The third-order valence-corrected chi connectivity index (χ3v) is 2.31. The van der Waals surface area contributed by atoms with E-state index >= 15 is 0 Å². The van der Waals surface area contributed by atoms with Crippen molar-refractivity contribution in [2.24, 2.45) is 5.41 Å². The van der Waals surface area contributed by atoms with E-state index in [1.807, 2.05) is 0 Å². The second-order valence-corrected chi connectivity index (χ2v) is 3.44. The molecule has 0 radical (unpaired) electrons. The molecule has 0 bridgehead atoms. The Labute approximate surface area is 65.4 Å². The maximum atomic E-state index is 11.3. The van der Waals surface area contributed by atoms with Gasteiger partial charge < -0.3 is 5.32 Å². The fourth-order valence-corrected chi connectivity index (χ4v) is 1.07. The minimum Gasteiger partial charge on any atom is -0.352 e. The molecule has 3 heteroatoms. The normalized spacial score (nSPS) is 25.4. The van der Waals surface area contributed by atoms with E-state index in [0.717, 1.165) is 25.7 Å². The molecule has 2 rings (SSSR count). The highest BCUT2D eigenvalue weighted by Crippen LogP contribution is 2.45. The Morgan fingerprint density at radius 1 is 1.55 bits per heavy atom. The molecular weight excluding hydrogens is 140 g/mol. The molecule has 0 aromatic heterocycles. The number of hydrogen-bond acceptors (Lipinski definition) is 2. The maximum Gasteiger partial charge on any atom is 0.240 e. The Hall–Kier alpha value is -1.04. The lowest BCUT2D eigenvalue weighted by molar-refractivity contribution is -0.124. The fourth-order valence-electron chi connectivity index (χ4n) is 1.07. The van der Waals surface area contributed by atoms with Crippen molar-refractivity contribution in [2.75, 3.05) is 0 Å². The minimum absolute atomic E-state index is 0.0394. The molecule has 2 aliphatic carbocycles. The SMILES string of the molecule is N#CC1(C(=O)NC2CC2)CC1. The number of carbonyl (C=O) groups is 1. The van der Waals surface area contributed by atoms with Crippen LogP contribution in [0.3, 0.4) is 0 Å². The van der Waals surface area contributed by atoms with E-state index < -0.39 is 5.41 Å². The molecule has 11 heavy (non-hydrogen) atoms. The van der Waals surface area contributed by atoms with Gasteiger partial charge in [-0.3, -0.25) is 4.79 Å². The van der Waals surface area contributed by atoms with Gasteiger partial charge >= 0.3 is 0 Å². The highest BCUT2D eigenvalue weighted by molar-refractivity contribution is 5.88. The molecule has 0 saturated heterocycles. The predicted molar refractivity (Wildman–Crippen MR) is 38.4 cm³/mol. The number of hydrogen-bond donors (Lipinski definition) is 1. The van der Waals surface area contributed by atoms with Crippen molar-refractivity contribution in [1.29, 1.82) is 5.26 Å². The second-order valence-electron chi connectivity index (χ2n) is 3.44. The third-order valence-electron chi connectivity index (χ3n) is 2.31. The zero-order valence-corrected chi connectivity index (χ0v) is 6.26. The van der Waals surface area contributed by atoms with Gasteiger partial charge in [-0.1, -0.05) is 0 Å². The Morgan fingerprint density at radius 3 is 2.55 bits per heavy atom. The summed E-state index contributed by atoms with van der Waals surface area (Å²) in [5.74, 6) is -0.0394. The van der Waals surface area contributed by atoms with E-state index in [-0.39, 0.29) is 5.91 Å². The van der Waals surface area contributed by atoms with Gasteiger partial charge in [0.05, 0.1) is 6.07 Å². The minimum atomic E-state index is -0.622. The van der Waals surface area contributed by atoms with Crippen LogP contribution < -0.4 is 5.32 Å². The molecule has 0 unspecified atom stereocenters. The van der Waals surface area contributed by atoms with Crippen molar-refractivity contribution >= 4 is 5.91 Å². The summed E-state index contributed by atoms with van der Waals surface area (Å²) in [6.45, 7) is 0. The smallest absolute Gasteiger partial charge is 0.240 e. The van der Waals surface area contributed by atoms with E-state index in [0.29, 0.717) is 6.04 Å².